The van der Waals surface area contributed by atoms with Crippen molar-refractivity contribution in [1.82, 2.24) is 15.3 Å². The summed E-state index contributed by atoms with van der Waals surface area (Å²) < 4.78 is 5.24. The van der Waals surface area contributed by atoms with Gasteiger partial charge in [-0.2, -0.15) is 0 Å². The number of fused-ring (bicyclic) bond motifs is 3. The minimum Gasteiger partial charge on any atom is -0.478 e. The Morgan fingerprint density at radius 3 is 2.62 bits per heavy atom. The molecular formula is C21H24N4O4. The Balaban J connectivity index is 1.88. The van der Waals surface area contributed by atoms with Crippen molar-refractivity contribution in [3.63, 3.8) is 0 Å². The van der Waals surface area contributed by atoms with E-state index < -0.39 is 17.7 Å². The second-order valence-electron chi connectivity index (χ2n) is 7.74. The van der Waals surface area contributed by atoms with Gasteiger partial charge in [0.25, 0.3) is 0 Å². The van der Waals surface area contributed by atoms with Gasteiger partial charge in [-0.3, -0.25) is 4.98 Å². The van der Waals surface area contributed by atoms with Crippen LogP contribution in [-0.2, 0) is 4.74 Å². The number of amides is 1. The third kappa shape index (κ3) is 4.71. The Morgan fingerprint density at radius 2 is 1.93 bits per heavy atom. The van der Waals surface area contributed by atoms with Crippen molar-refractivity contribution in [2.45, 2.75) is 26.4 Å². The maximum atomic E-state index is 11.8. The Kier molecular flexibility index (Phi) is 5.54. The largest absolute Gasteiger partial charge is 0.478 e. The number of carboxylic acid groups (broad SMARTS) is 1. The Morgan fingerprint density at radius 1 is 1.17 bits per heavy atom. The number of anilines is 1. The fourth-order valence-corrected chi connectivity index (χ4v) is 3.00. The Labute approximate surface area is 168 Å². The lowest BCUT2D eigenvalue weighted by Gasteiger charge is -2.23. The van der Waals surface area contributed by atoms with Crippen molar-refractivity contribution in [3.05, 3.63) is 42.2 Å². The minimum atomic E-state index is -1.00. The predicted octanol–water partition coefficient (Wildman–Crippen LogP) is 3.44. The normalized spacial score (nSPS) is 11.4. The zero-order chi connectivity index (χ0) is 21.2. The molecule has 0 saturated carbocycles. The summed E-state index contributed by atoms with van der Waals surface area (Å²) in [7, 11) is 1.87. The molecule has 0 radical (unpaired) electrons. The maximum Gasteiger partial charge on any atom is 0.407 e. The average Bonchev–Trinajstić information content (AvgIpc) is 2.65. The van der Waals surface area contributed by atoms with Gasteiger partial charge in [0.05, 0.1) is 11.1 Å². The van der Waals surface area contributed by atoms with Crippen LogP contribution in [0.25, 0.3) is 21.7 Å². The van der Waals surface area contributed by atoms with E-state index in [0.717, 1.165) is 16.2 Å². The number of carboxylic acids is 1. The number of pyridine rings is 2. The lowest BCUT2D eigenvalue weighted by Crippen LogP contribution is -2.37. The molecule has 0 aliphatic rings. The monoisotopic (exact) mass is 396 g/mol. The van der Waals surface area contributed by atoms with Crippen LogP contribution in [0.4, 0.5) is 10.6 Å². The van der Waals surface area contributed by atoms with Gasteiger partial charge in [0.1, 0.15) is 11.4 Å². The summed E-state index contributed by atoms with van der Waals surface area (Å²) >= 11 is 0. The molecule has 0 atom stereocenters. The number of ether oxygens (including phenoxy) is 1. The van der Waals surface area contributed by atoms with E-state index in [0.29, 0.717) is 24.4 Å². The SMILES string of the molecule is CN(CCNC(=O)OC(C)(C)C)c1nc2cc(C(=O)O)ccc2c2cnccc12. The quantitative estimate of drug-likeness (QED) is 0.637. The molecule has 0 aliphatic heterocycles. The number of aromatic carboxylic acids is 1. The van der Waals surface area contributed by atoms with Gasteiger partial charge in [-0.1, -0.05) is 6.07 Å². The van der Waals surface area contributed by atoms with Gasteiger partial charge in [-0.25, -0.2) is 14.6 Å². The van der Waals surface area contributed by atoms with Crippen LogP contribution in [0.2, 0.25) is 0 Å². The molecule has 0 bridgehead atoms. The smallest absolute Gasteiger partial charge is 0.407 e. The van der Waals surface area contributed by atoms with E-state index >= 15 is 0 Å². The first-order valence-electron chi connectivity index (χ1n) is 9.24. The van der Waals surface area contributed by atoms with Crippen LogP contribution in [0.5, 0.6) is 0 Å². The first-order valence-corrected chi connectivity index (χ1v) is 9.24. The summed E-state index contributed by atoms with van der Waals surface area (Å²) in [5, 5.41) is 14.6. The molecule has 3 aromatic rings. The highest BCUT2D eigenvalue weighted by molar-refractivity contribution is 6.10. The highest BCUT2D eigenvalue weighted by Gasteiger charge is 2.17. The number of alkyl carbamates (subject to hydrolysis) is 1. The Hall–Kier alpha value is -3.42. The molecule has 0 saturated heterocycles. The number of carbonyl (C=O) groups excluding carboxylic acids is 1. The highest BCUT2D eigenvalue weighted by atomic mass is 16.6. The molecule has 2 heterocycles. The zero-order valence-corrected chi connectivity index (χ0v) is 16.9. The van der Waals surface area contributed by atoms with E-state index in [-0.39, 0.29) is 5.56 Å². The molecule has 2 aromatic heterocycles. The molecule has 1 amide bonds. The molecule has 2 N–H and O–H groups in total. The standard InChI is InChI=1S/C21H24N4O4/c1-21(2,3)29-20(28)23-9-10-25(4)18-15-7-8-22-12-16(15)14-6-5-13(19(26)27)11-17(14)24-18/h5-8,11-12H,9-10H2,1-4H3,(H,23,28)(H,26,27). The number of nitrogens with one attached hydrogen (secondary N) is 1. The van der Waals surface area contributed by atoms with Gasteiger partial charge in [0.15, 0.2) is 0 Å². The number of nitrogens with zero attached hydrogens (tertiary/aromatic N) is 3. The van der Waals surface area contributed by atoms with Gasteiger partial charge in [0, 0.05) is 48.7 Å². The first kappa shape index (κ1) is 20.3. The van der Waals surface area contributed by atoms with Crippen LogP contribution in [0.3, 0.4) is 0 Å². The van der Waals surface area contributed by atoms with Crippen molar-refractivity contribution < 1.29 is 19.4 Å². The summed E-state index contributed by atoms with van der Waals surface area (Å²) in [6, 6.07) is 6.75. The van der Waals surface area contributed by atoms with E-state index in [1.165, 1.54) is 0 Å². The van der Waals surface area contributed by atoms with Crippen molar-refractivity contribution >= 4 is 39.6 Å². The molecule has 0 aliphatic carbocycles. The van der Waals surface area contributed by atoms with Crippen molar-refractivity contribution in [2.75, 3.05) is 25.0 Å². The summed E-state index contributed by atoms with van der Waals surface area (Å²) in [5.74, 6) is -0.320. The molecule has 0 unspecified atom stereocenters. The van der Waals surface area contributed by atoms with Crippen LogP contribution < -0.4 is 10.2 Å². The lowest BCUT2D eigenvalue weighted by atomic mass is 10.1. The topological polar surface area (TPSA) is 105 Å². The predicted molar refractivity (Wildman–Crippen MR) is 112 cm³/mol. The molecular weight excluding hydrogens is 372 g/mol. The summed E-state index contributed by atoms with van der Waals surface area (Å²) in [6.07, 6.45) is 2.96. The second-order valence-corrected chi connectivity index (χ2v) is 7.74. The number of likely N-dealkylation sites (N-methyl/N-ethyl adjacent to an activating group) is 1. The van der Waals surface area contributed by atoms with E-state index in [1.807, 2.05) is 38.8 Å². The molecule has 1 aromatic carbocycles. The average molecular weight is 396 g/mol. The van der Waals surface area contributed by atoms with Crippen molar-refractivity contribution in [2.24, 2.45) is 0 Å². The fraction of sp³-hybridized carbons (Fsp3) is 0.333. The van der Waals surface area contributed by atoms with Crippen LogP contribution in [0, 0.1) is 0 Å². The van der Waals surface area contributed by atoms with E-state index in [9.17, 15) is 14.7 Å². The summed E-state index contributed by atoms with van der Waals surface area (Å²) in [5.41, 5.74) is 0.196. The first-order chi connectivity index (χ1) is 13.7. The maximum absolute atomic E-state index is 11.8. The summed E-state index contributed by atoms with van der Waals surface area (Å²) in [6.45, 7) is 6.29. The van der Waals surface area contributed by atoms with Crippen LogP contribution in [0.1, 0.15) is 31.1 Å². The molecule has 0 fully saturated rings. The van der Waals surface area contributed by atoms with E-state index in [2.05, 4.69) is 10.3 Å². The van der Waals surface area contributed by atoms with Crippen molar-refractivity contribution in [3.8, 4) is 0 Å². The van der Waals surface area contributed by atoms with Crippen LogP contribution >= 0.6 is 0 Å². The van der Waals surface area contributed by atoms with E-state index in [4.69, 9.17) is 9.72 Å². The van der Waals surface area contributed by atoms with Crippen molar-refractivity contribution in [1.29, 1.82) is 0 Å². The number of carbonyl (C=O) groups is 2. The molecule has 8 heteroatoms. The molecule has 152 valence electrons. The summed E-state index contributed by atoms with van der Waals surface area (Å²) in [4.78, 5) is 34.0. The van der Waals surface area contributed by atoms with Crippen LogP contribution in [0.15, 0.2) is 36.7 Å². The van der Waals surface area contributed by atoms with Gasteiger partial charge >= 0.3 is 12.1 Å². The minimum absolute atomic E-state index is 0.174. The number of rotatable bonds is 5. The third-order valence-corrected chi connectivity index (χ3v) is 4.30. The molecule has 3 rings (SSSR count). The van der Waals surface area contributed by atoms with Gasteiger partial charge in [-0.15, -0.1) is 0 Å². The van der Waals surface area contributed by atoms with Gasteiger partial charge in [-0.05, 0) is 39.0 Å². The third-order valence-electron chi connectivity index (χ3n) is 4.30. The number of hydrogen-bond acceptors (Lipinski definition) is 6. The van der Waals surface area contributed by atoms with E-state index in [1.54, 1.807) is 30.6 Å². The van der Waals surface area contributed by atoms with Gasteiger partial charge < -0.3 is 20.1 Å². The number of hydrogen-bond donors (Lipinski definition) is 2. The zero-order valence-electron chi connectivity index (χ0n) is 16.9. The van der Waals surface area contributed by atoms with Gasteiger partial charge in [0.2, 0.25) is 0 Å². The molecule has 0 spiro atoms. The lowest BCUT2D eigenvalue weighted by molar-refractivity contribution is 0.0528. The molecule has 29 heavy (non-hydrogen) atoms. The number of benzene rings is 1. The second kappa shape index (κ2) is 7.90. The van der Waals surface area contributed by atoms with Crippen LogP contribution in [-0.4, -0.2) is 52.9 Å². The Bertz CT molecular complexity index is 1080. The molecule has 8 nitrogen and oxygen atoms in total. The fourth-order valence-electron chi connectivity index (χ4n) is 3.00. The highest BCUT2D eigenvalue weighted by Crippen LogP contribution is 2.30. The number of aromatic nitrogens is 2.